The van der Waals surface area contributed by atoms with E-state index in [0.717, 1.165) is 0 Å². The summed E-state index contributed by atoms with van der Waals surface area (Å²) in [6, 6.07) is 0. The molecule has 0 bridgehead atoms. The van der Waals surface area contributed by atoms with Gasteiger partial charge in [0.15, 0.2) is 0 Å². The smallest absolute Gasteiger partial charge is 3.00 e. The molecule has 0 aliphatic rings. The van der Waals surface area contributed by atoms with Crippen LogP contribution in [0.4, 0.5) is 0 Å². The van der Waals surface area contributed by atoms with E-state index < -0.39 is 0 Å². The van der Waals surface area contributed by atoms with E-state index in [1.54, 1.807) is 0 Å². The van der Waals surface area contributed by atoms with Crippen LogP contribution in [0.3, 0.4) is 0 Å². The monoisotopic (exact) mass is 1010 g/mol. The van der Waals surface area contributed by atoms with Gasteiger partial charge in [-0.3, -0.25) is 0 Å². The molecule has 0 aromatic heterocycles. The minimum atomic E-state index is 0. The van der Waals surface area contributed by atoms with E-state index in [9.17, 15) is 0 Å². The van der Waals surface area contributed by atoms with Gasteiger partial charge in [-0.25, -0.2) is 0 Å². The third-order valence-corrected chi connectivity index (χ3v) is 0. The summed E-state index contributed by atoms with van der Waals surface area (Å²) in [5, 5.41) is 0. The van der Waals surface area contributed by atoms with Gasteiger partial charge >= 0.3 is 139 Å². The van der Waals surface area contributed by atoms with Crippen LogP contribution in [0.5, 0.6) is 0 Å². The summed E-state index contributed by atoms with van der Waals surface area (Å²) in [6.45, 7) is 0. The van der Waals surface area contributed by atoms with Crippen LogP contribution in [-0.4, -0.2) is 264 Å². The molecule has 14 heavy (non-hydrogen) atoms. The summed E-state index contributed by atoms with van der Waals surface area (Å²) < 4.78 is 0. The fourth-order valence-electron chi connectivity index (χ4n) is 0. The Balaban J connectivity index is 0. The molecular formula is As7Ga7. The van der Waals surface area contributed by atoms with Crippen molar-refractivity contribution in [2.24, 2.45) is 0 Å². The SMILES string of the molecule is [As-3].[As-3].[As-3].[As-3].[As-3].[As-3].[As-3].[Ga+3].[Ga+3].[Ga+3].[Ga+3].[Ga+3].[Ga+3].[Ga+3]. The molecule has 14 heteroatoms. The molecule has 0 fully saturated rings. The Morgan fingerprint density at radius 2 is 0.143 bits per heavy atom. The molecule has 0 saturated carbocycles. The number of hydrogen-bond donors (Lipinski definition) is 0. The maximum Gasteiger partial charge on any atom is 3.00 e. The van der Waals surface area contributed by atoms with Gasteiger partial charge in [-0.2, -0.15) is 0 Å². The first-order valence-electron chi connectivity index (χ1n) is 0. The van der Waals surface area contributed by atoms with Gasteiger partial charge in [0.2, 0.25) is 0 Å². The average molecular weight is 1010 g/mol. The fraction of sp³-hybridized carbons (Fsp3) is 0. The second-order valence-corrected chi connectivity index (χ2v) is 0. The Morgan fingerprint density at radius 1 is 0.143 bits per heavy atom. The first-order chi connectivity index (χ1) is 0. The molecule has 0 spiro atoms. The number of hydrogen-bond acceptors (Lipinski definition) is 0. The van der Waals surface area contributed by atoms with Crippen molar-refractivity contribution >= 4 is 264 Å². The molecular weight excluding hydrogens is 1010 g/mol. The topological polar surface area (TPSA) is 0 Å². The predicted octanol–water partition coefficient (Wildman–Crippen LogP) is -5.33. The zero-order valence-electron chi connectivity index (χ0n) is 7.17. The Labute approximate surface area is 258 Å². The van der Waals surface area contributed by atoms with E-state index >= 15 is 0 Å². The van der Waals surface area contributed by atoms with Crippen LogP contribution in [0.1, 0.15) is 0 Å². The van der Waals surface area contributed by atoms with Gasteiger partial charge in [0.1, 0.15) is 0 Å². The van der Waals surface area contributed by atoms with Crippen molar-refractivity contribution < 1.29 is 0 Å². The van der Waals surface area contributed by atoms with Gasteiger partial charge in [0.05, 0.1) is 0 Å². The van der Waals surface area contributed by atoms with Crippen molar-refractivity contribution in [3.05, 3.63) is 0 Å². The van der Waals surface area contributed by atoms with Crippen LogP contribution in [0, 0.1) is 0 Å². The summed E-state index contributed by atoms with van der Waals surface area (Å²) in [4.78, 5) is 0. The molecule has 0 heterocycles. The molecule has 0 atom stereocenters. The third kappa shape index (κ3) is 109. The first-order valence-corrected chi connectivity index (χ1v) is 0. The summed E-state index contributed by atoms with van der Waals surface area (Å²) in [5.74, 6) is 0. The van der Waals surface area contributed by atoms with Crippen molar-refractivity contribution in [2.45, 2.75) is 0 Å². The Bertz CT molecular complexity index is 14.0. The van der Waals surface area contributed by atoms with Crippen molar-refractivity contribution in [2.75, 3.05) is 0 Å². The zero-order valence-corrected chi connectivity index (χ0v) is 37.3. The maximum absolute atomic E-state index is 0. The van der Waals surface area contributed by atoms with Gasteiger partial charge in [-0.1, -0.05) is 0 Å². The van der Waals surface area contributed by atoms with E-state index in [1.807, 2.05) is 0 Å². The van der Waals surface area contributed by atoms with Gasteiger partial charge in [-0.05, 0) is 0 Å². The predicted molar refractivity (Wildman–Crippen MR) is 80.6 cm³/mol. The van der Waals surface area contributed by atoms with Crippen molar-refractivity contribution in [3.8, 4) is 0 Å². The fourth-order valence-corrected chi connectivity index (χ4v) is 0. The molecule has 0 rings (SSSR count). The molecule has 0 aliphatic heterocycles. The molecule has 0 saturated heterocycles. The van der Waals surface area contributed by atoms with Crippen LogP contribution < -0.4 is 0 Å². The van der Waals surface area contributed by atoms with E-state index in [2.05, 4.69) is 0 Å². The van der Waals surface area contributed by atoms with E-state index in [-0.39, 0.29) is 264 Å². The Hall–Kier alpha value is 8.36. The second-order valence-electron chi connectivity index (χ2n) is 0. The molecule has 0 unspecified atom stereocenters. The van der Waals surface area contributed by atoms with E-state index in [1.165, 1.54) is 0 Å². The Morgan fingerprint density at radius 3 is 0.143 bits per heavy atom. The minimum absolute atomic E-state index is 0. The summed E-state index contributed by atoms with van der Waals surface area (Å²) >= 11 is 0. The standard InChI is InChI=1S/7As.7Ga/q7*-3;7*+3. The summed E-state index contributed by atoms with van der Waals surface area (Å²) in [6.07, 6.45) is 0. The molecule has 0 amide bonds. The second kappa shape index (κ2) is 127. The van der Waals surface area contributed by atoms with Gasteiger partial charge in [0.25, 0.3) is 0 Å². The average Bonchev–Trinajstić information content (AvgIpc) is 0. The normalized spacial score (nSPS) is 0. The molecule has 0 aliphatic carbocycles. The quantitative estimate of drug-likeness (QED) is 0.213. The Kier molecular flexibility index (Phi) is 1320. The van der Waals surface area contributed by atoms with Crippen LogP contribution in [0.15, 0.2) is 0 Å². The van der Waals surface area contributed by atoms with Crippen molar-refractivity contribution in [1.29, 1.82) is 0 Å². The minimum Gasteiger partial charge on any atom is -3.00 e. The van der Waals surface area contributed by atoms with E-state index in [0.29, 0.717) is 0 Å². The van der Waals surface area contributed by atoms with E-state index in [4.69, 9.17) is 0 Å². The van der Waals surface area contributed by atoms with Crippen LogP contribution in [0.25, 0.3) is 0 Å². The summed E-state index contributed by atoms with van der Waals surface area (Å²) in [7, 11) is 0. The first kappa shape index (κ1) is 146. The zero-order chi connectivity index (χ0) is 0. The molecule has 0 N–H and O–H groups in total. The molecule has 0 nitrogen and oxygen atoms in total. The molecule has 0 aromatic carbocycles. The summed E-state index contributed by atoms with van der Waals surface area (Å²) in [5.41, 5.74) is 0. The van der Waals surface area contributed by atoms with Gasteiger partial charge < -0.3 is 126 Å². The van der Waals surface area contributed by atoms with Crippen molar-refractivity contribution in [1.82, 2.24) is 0 Å². The molecule has 0 aromatic rings. The third-order valence-electron chi connectivity index (χ3n) is 0. The molecule has 56 valence electrons. The number of rotatable bonds is 0. The van der Waals surface area contributed by atoms with Crippen LogP contribution >= 0.6 is 0 Å². The largest absolute Gasteiger partial charge is 3.00 e. The molecule has 0 radical (unpaired) electrons. The van der Waals surface area contributed by atoms with Crippen molar-refractivity contribution in [3.63, 3.8) is 0 Å². The van der Waals surface area contributed by atoms with Crippen LogP contribution in [0.2, 0.25) is 0 Å². The van der Waals surface area contributed by atoms with Crippen LogP contribution in [-0.2, 0) is 0 Å². The van der Waals surface area contributed by atoms with Gasteiger partial charge in [0, 0.05) is 0 Å². The maximum atomic E-state index is 0. The van der Waals surface area contributed by atoms with Gasteiger partial charge in [-0.15, -0.1) is 0 Å².